The monoisotopic (exact) mass is 205 g/mol. The second-order valence-electron chi connectivity index (χ2n) is 3.98. The Bertz CT molecular complexity index is 329. The molecule has 0 aromatic heterocycles. The molecule has 1 heterocycles. The standard InChI is InChI=1S/C12H15NO2/c1-12(8-14-10-15-9-12)13-7-11-5-3-2-4-6-11/h2-7H,8-10H2,1H3. The number of nitrogens with zero attached hydrogens (tertiary/aromatic N) is 1. The topological polar surface area (TPSA) is 30.8 Å². The van der Waals surface area contributed by atoms with Gasteiger partial charge in [0.2, 0.25) is 0 Å². The first-order valence-corrected chi connectivity index (χ1v) is 5.04. The van der Waals surface area contributed by atoms with Crippen molar-refractivity contribution in [3.05, 3.63) is 35.9 Å². The van der Waals surface area contributed by atoms with Gasteiger partial charge in [0, 0.05) is 6.21 Å². The summed E-state index contributed by atoms with van der Waals surface area (Å²) in [7, 11) is 0. The SMILES string of the molecule is CC1(N=Cc2ccccc2)COCOC1. The van der Waals surface area contributed by atoms with E-state index in [1.807, 2.05) is 43.5 Å². The van der Waals surface area contributed by atoms with Crippen LogP contribution in [0.2, 0.25) is 0 Å². The molecule has 0 N–H and O–H groups in total. The van der Waals surface area contributed by atoms with E-state index >= 15 is 0 Å². The fourth-order valence-electron chi connectivity index (χ4n) is 1.47. The molecule has 1 aromatic rings. The minimum Gasteiger partial charge on any atom is -0.353 e. The predicted octanol–water partition coefficient (Wildman–Crippen LogP) is 1.87. The van der Waals surface area contributed by atoms with Gasteiger partial charge >= 0.3 is 0 Å². The summed E-state index contributed by atoms with van der Waals surface area (Å²) >= 11 is 0. The third-order valence-electron chi connectivity index (χ3n) is 2.32. The van der Waals surface area contributed by atoms with Crippen molar-refractivity contribution in [3.63, 3.8) is 0 Å². The molecule has 2 rings (SSSR count). The van der Waals surface area contributed by atoms with Gasteiger partial charge < -0.3 is 9.47 Å². The molecule has 0 bridgehead atoms. The maximum absolute atomic E-state index is 5.24. The van der Waals surface area contributed by atoms with Crippen molar-refractivity contribution in [2.24, 2.45) is 4.99 Å². The number of benzene rings is 1. The summed E-state index contributed by atoms with van der Waals surface area (Å²) in [5.74, 6) is 0. The van der Waals surface area contributed by atoms with Gasteiger partial charge in [-0.15, -0.1) is 0 Å². The predicted molar refractivity (Wildman–Crippen MR) is 59.2 cm³/mol. The fourth-order valence-corrected chi connectivity index (χ4v) is 1.47. The lowest BCUT2D eigenvalue weighted by molar-refractivity contribution is -0.129. The Morgan fingerprint density at radius 2 is 1.87 bits per heavy atom. The molecule has 1 saturated heterocycles. The van der Waals surface area contributed by atoms with Crippen LogP contribution in [-0.4, -0.2) is 31.8 Å². The van der Waals surface area contributed by atoms with Gasteiger partial charge in [0.15, 0.2) is 0 Å². The van der Waals surface area contributed by atoms with Crippen LogP contribution in [0.15, 0.2) is 35.3 Å². The Labute approximate surface area is 89.7 Å². The van der Waals surface area contributed by atoms with Gasteiger partial charge in [-0.2, -0.15) is 0 Å². The summed E-state index contributed by atoms with van der Waals surface area (Å²) in [6.07, 6.45) is 1.87. The molecule has 0 unspecified atom stereocenters. The molecule has 0 amide bonds. The maximum Gasteiger partial charge on any atom is 0.146 e. The molecule has 0 atom stereocenters. The molecule has 0 radical (unpaired) electrons. The summed E-state index contributed by atoms with van der Waals surface area (Å²) < 4.78 is 10.5. The molecule has 80 valence electrons. The highest BCUT2D eigenvalue weighted by atomic mass is 16.7. The van der Waals surface area contributed by atoms with Gasteiger partial charge in [-0.05, 0) is 12.5 Å². The van der Waals surface area contributed by atoms with Crippen molar-refractivity contribution in [1.29, 1.82) is 0 Å². The van der Waals surface area contributed by atoms with Gasteiger partial charge in [-0.25, -0.2) is 0 Å². The van der Waals surface area contributed by atoms with Gasteiger partial charge in [0.1, 0.15) is 12.3 Å². The van der Waals surface area contributed by atoms with Crippen molar-refractivity contribution in [2.75, 3.05) is 20.0 Å². The average Bonchev–Trinajstić information content (AvgIpc) is 2.29. The van der Waals surface area contributed by atoms with Crippen LogP contribution in [0, 0.1) is 0 Å². The molecular weight excluding hydrogens is 190 g/mol. The molecule has 1 aliphatic rings. The molecule has 1 aromatic carbocycles. The van der Waals surface area contributed by atoms with Crippen LogP contribution < -0.4 is 0 Å². The van der Waals surface area contributed by atoms with E-state index in [0.29, 0.717) is 20.0 Å². The highest BCUT2D eigenvalue weighted by Crippen LogP contribution is 2.15. The van der Waals surface area contributed by atoms with Crippen molar-refractivity contribution in [3.8, 4) is 0 Å². The van der Waals surface area contributed by atoms with Crippen LogP contribution in [0.5, 0.6) is 0 Å². The quantitative estimate of drug-likeness (QED) is 0.690. The lowest BCUT2D eigenvalue weighted by Gasteiger charge is -2.29. The molecule has 3 heteroatoms. The Balaban J connectivity index is 2.04. The fraction of sp³-hybridized carbons (Fsp3) is 0.417. The van der Waals surface area contributed by atoms with Crippen molar-refractivity contribution >= 4 is 6.21 Å². The van der Waals surface area contributed by atoms with E-state index in [9.17, 15) is 0 Å². The Kier molecular flexibility index (Phi) is 3.14. The van der Waals surface area contributed by atoms with Crippen LogP contribution in [0.25, 0.3) is 0 Å². The second-order valence-corrected chi connectivity index (χ2v) is 3.98. The largest absolute Gasteiger partial charge is 0.353 e. The summed E-state index contributed by atoms with van der Waals surface area (Å²) in [4.78, 5) is 4.51. The number of aliphatic imine (C=N–C) groups is 1. The van der Waals surface area contributed by atoms with Crippen molar-refractivity contribution in [1.82, 2.24) is 0 Å². The first-order valence-electron chi connectivity index (χ1n) is 5.04. The highest BCUT2D eigenvalue weighted by Gasteiger charge is 2.26. The Morgan fingerprint density at radius 3 is 2.53 bits per heavy atom. The minimum absolute atomic E-state index is 0.242. The molecular formula is C12H15NO2. The van der Waals surface area contributed by atoms with E-state index < -0.39 is 0 Å². The first-order chi connectivity index (χ1) is 7.29. The van der Waals surface area contributed by atoms with Gasteiger partial charge in [0.05, 0.1) is 13.2 Å². The van der Waals surface area contributed by atoms with Crippen LogP contribution in [0.1, 0.15) is 12.5 Å². The zero-order valence-electron chi connectivity index (χ0n) is 8.85. The maximum atomic E-state index is 5.24. The van der Waals surface area contributed by atoms with E-state index in [-0.39, 0.29) is 5.54 Å². The van der Waals surface area contributed by atoms with E-state index in [2.05, 4.69) is 4.99 Å². The number of rotatable bonds is 2. The smallest absolute Gasteiger partial charge is 0.146 e. The molecule has 0 aliphatic carbocycles. The summed E-state index contributed by atoms with van der Waals surface area (Å²) in [6, 6.07) is 10.0. The summed E-state index contributed by atoms with van der Waals surface area (Å²) in [6.45, 7) is 3.66. The molecule has 1 fully saturated rings. The molecule has 3 nitrogen and oxygen atoms in total. The van der Waals surface area contributed by atoms with Crippen LogP contribution >= 0.6 is 0 Å². The van der Waals surface area contributed by atoms with Crippen LogP contribution in [0.3, 0.4) is 0 Å². The average molecular weight is 205 g/mol. The Morgan fingerprint density at radius 1 is 1.20 bits per heavy atom. The number of hydrogen-bond donors (Lipinski definition) is 0. The zero-order chi connectivity index (χ0) is 10.6. The van der Waals surface area contributed by atoms with Crippen LogP contribution in [0.4, 0.5) is 0 Å². The zero-order valence-corrected chi connectivity index (χ0v) is 8.85. The lowest BCUT2D eigenvalue weighted by Crippen LogP contribution is -2.39. The minimum atomic E-state index is -0.242. The normalized spacial score (nSPS) is 20.6. The molecule has 1 aliphatic heterocycles. The lowest BCUT2D eigenvalue weighted by atomic mass is 10.1. The van der Waals surface area contributed by atoms with E-state index in [0.717, 1.165) is 5.56 Å². The first kappa shape index (κ1) is 10.3. The molecule has 0 spiro atoms. The summed E-state index contributed by atoms with van der Waals surface area (Å²) in [5.41, 5.74) is 0.859. The number of hydrogen-bond acceptors (Lipinski definition) is 3. The van der Waals surface area contributed by atoms with Gasteiger partial charge in [-0.3, -0.25) is 4.99 Å². The van der Waals surface area contributed by atoms with E-state index in [4.69, 9.17) is 9.47 Å². The third kappa shape index (κ3) is 2.88. The van der Waals surface area contributed by atoms with Crippen molar-refractivity contribution < 1.29 is 9.47 Å². The van der Waals surface area contributed by atoms with Gasteiger partial charge in [-0.1, -0.05) is 30.3 Å². The molecule has 0 saturated carbocycles. The van der Waals surface area contributed by atoms with Gasteiger partial charge in [0.25, 0.3) is 0 Å². The Hall–Kier alpha value is -1.19. The summed E-state index contributed by atoms with van der Waals surface area (Å²) in [5, 5.41) is 0. The van der Waals surface area contributed by atoms with E-state index in [1.54, 1.807) is 0 Å². The number of ether oxygens (including phenoxy) is 2. The highest BCUT2D eigenvalue weighted by molar-refractivity contribution is 5.79. The molecule has 15 heavy (non-hydrogen) atoms. The second kappa shape index (κ2) is 4.55. The third-order valence-corrected chi connectivity index (χ3v) is 2.32. The van der Waals surface area contributed by atoms with Crippen LogP contribution in [-0.2, 0) is 9.47 Å². The van der Waals surface area contributed by atoms with E-state index in [1.165, 1.54) is 0 Å². The van der Waals surface area contributed by atoms with Crippen molar-refractivity contribution in [2.45, 2.75) is 12.5 Å².